The molecule has 0 aromatic heterocycles. The van der Waals surface area contributed by atoms with Gasteiger partial charge in [0, 0.05) is 22.3 Å². The fourth-order valence-electron chi connectivity index (χ4n) is 4.64. The third kappa shape index (κ3) is 3.10. The number of phosphoric ester groups is 1. The van der Waals surface area contributed by atoms with Crippen LogP contribution in [0.5, 0.6) is 5.75 Å². The second-order valence-electron chi connectivity index (χ2n) is 7.93. The largest absolute Gasteiger partial charge is 0.524 e. The van der Waals surface area contributed by atoms with Gasteiger partial charge in [0.1, 0.15) is 5.75 Å². The van der Waals surface area contributed by atoms with Gasteiger partial charge in [0.25, 0.3) is 0 Å². The molecule has 32 heavy (non-hydrogen) atoms. The van der Waals surface area contributed by atoms with Crippen molar-refractivity contribution < 1.29 is 18.9 Å². The Morgan fingerprint density at radius 3 is 2.38 bits per heavy atom. The fraction of sp³-hybridized carbons (Fsp3) is 0.0385. The van der Waals surface area contributed by atoms with E-state index in [0.717, 1.165) is 33.0 Å². The monoisotopic (exact) mass is 439 g/mol. The van der Waals surface area contributed by atoms with Crippen LogP contribution in [0.4, 0.5) is 5.69 Å². The molecule has 1 aliphatic carbocycles. The molecule has 4 aromatic carbocycles. The van der Waals surface area contributed by atoms with Crippen LogP contribution in [0, 0.1) is 0 Å². The molecule has 0 fully saturated rings. The Labute approximate surface area is 183 Å². The van der Waals surface area contributed by atoms with E-state index in [-0.39, 0.29) is 11.7 Å². The standard InChI is InChI=1S/C26H18NO4P/c28-32(29,30)31-18-12-9-16(10-13-18)17-11-14-20-19-5-1-2-6-21(19)25-22-7-3-4-8-24(22)27-26(25)23(20)15-17/h1-15,17H,(H2,28,29,30). The van der Waals surface area contributed by atoms with E-state index >= 15 is 0 Å². The van der Waals surface area contributed by atoms with Crippen LogP contribution in [0.15, 0.2) is 83.9 Å². The van der Waals surface area contributed by atoms with Crippen molar-refractivity contribution in [1.29, 1.82) is 0 Å². The zero-order valence-electron chi connectivity index (χ0n) is 16.8. The summed E-state index contributed by atoms with van der Waals surface area (Å²) in [5.41, 5.74) is 5.47. The highest BCUT2D eigenvalue weighted by Crippen LogP contribution is 2.39. The average Bonchev–Trinajstić information content (AvgIpc) is 3.18. The molecule has 5 nitrogen and oxygen atoms in total. The van der Waals surface area contributed by atoms with Crippen molar-refractivity contribution in [2.75, 3.05) is 0 Å². The molecule has 0 bridgehead atoms. The molecule has 156 valence electrons. The van der Waals surface area contributed by atoms with Gasteiger partial charge in [-0.05, 0) is 40.1 Å². The third-order valence-corrected chi connectivity index (χ3v) is 6.43. The van der Waals surface area contributed by atoms with Crippen LogP contribution in [0.1, 0.15) is 17.0 Å². The van der Waals surface area contributed by atoms with Crippen LogP contribution in [-0.2, 0) is 4.57 Å². The molecule has 0 radical (unpaired) electrons. The fourth-order valence-corrected chi connectivity index (χ4v) is 5.04. The zero-order chi connectivity index (χ0) is 21.9. The van der Waals surface area contributed by atoms with Gasteiger partial charge < -0.3 is 4.52 Å². The summed E-state index contributed by atoms with van der Waals surface area (Å²) in [6.07, 6.45) is 6.51. The molecule has 6 heteroatoms. The lowest BCUT2D eigenvalue weighted by atomic mass is 9.87. The molecule has 2 aliphatic rings. The Bertz CT molecular complexity index is 1600. The van der Waals surface area contributed by atoms with Crippen molar-refractivity contribution in [3.05, 3.63) is 101 Å². The summed E-state index contributed by atoms with van der Waals surface area (Å²) < 4.78 is 15.7. The number of allylic oxidation sites excluding steroid dienone is 1. The van der Waals surface area contributed by atoms with E-state index in [1.165, 1.54) is 16.3 Å². The van der Waals surface area contributed by atoms with Crippen LogP contribution in [0.2, 0.25) is 0 Å². The Kier molecular flexibility index (Phi) is 4.21. The summed E-state index contributed by atoms with van der Waals surface area (Å²) in [7, 11) is -4.57. The number of benzene rings is 4. The lowest BCUT2D eigenvalue weighted by Gasteiger charge is -2.17. The number of hydrogen-bond acceptors (Lipinski definition) is 3. The first-order valence-corrected chi connectivity index (χ1v) is 11.8. The minimum atomic E-state index is -4.57. The summed E-state index contributed by atoms with van der Waals surface area (Å²) >= 11 is 0. The molecule has 2 N–H and O–H groups in total. The first-order valence-electron chi connectivity index (χ1n) is 10.3. The van der Waals surface area contributed by atoms with Crippen LogP contribution in [0.25, 0.3) is 34.1 Å². The van der Waals surface area contributed by atoms with E-state index in [1.54, 1.807) is 12.1 Å². The minimum Gasteiger partial charge on any atom is -0.404 e. The maximum absolute atomic E-state index is 11.1. The SMILES string of the molecule is O=P(O)(O)Oc1ccc(C2C=Cc3c(c4c(c5ccccc35)-c3ccccc3N=4)=C2)cc1. The second-order valence-corrected chi connectivity index (χ2v) is 9.09. The van der Waals surface area contributed by atoms with Crippen molar-refractivity contribution in [3.8, 4) is 16.9 Å². The van der Waals surface area contributed by atoms with Crippen molar-refractivity contribution in [3.63, 3.8) is 0 Å². The highest BCUT2D eigenvalue weighted by molar-refractivity contribution is 7.46. The van der Waals surface area contributed by atoms with Crippen molar-refractivity contribution in [2.45, 2.75) is 5.92 Å². The molecule has 1 unspecified atom stereocenters. The maximum Gasteiger partial charge on any atom is 0.524 e. The van der Waals surface area contributed by atoms with Crippen LogP contribution in [0.3, 0.4) is 0 Å². The minimum absolute atomic E-state index is 0.00998. The molecular formula is C26H18NO4P. The lowest BCUT2D eigenvalue weighted by molar-refractivity contribution is 0.283. The molecule has 1 aliphatic heterocycles. The molecular weight excluding hydrogens is 421 g/mol. The number of para-hydroxylation sites is 1. The topological polar surface area (TPSA) is 79.1 Å². The average molecular weight is 439 g/mol. The summed E-state index contributed by atoms with van der Waals surface area (Å²) in [6.45, 7) is 0. The first-order chi connectivity index (χ1) is 15.5. The summed E-state index contributed by atoms with van der Waals surface area (Å²) in [5.74, 6) is 0.149. The molecule has 0 saturated carbocycles. The van der Waals surface area contributed by atoms with Gasteiger partial charge >= 0.3 is 7.82 Å². The van der Waals surface area contributed by atoms with Gasteiger partial charge in [0.15, 0.2) is 0 Å². The van der Waals surface area contributed by atoms with Gasteiger partial charge in [-0.25, -0.2) is 9.56 Å². The normalized spacial score (nSPS) is 16.0. The second kappa shape index (κ2) is 7.01. The molecule has 4 aromatic rings. The van der Waals surface area contributed by atoms with Crippen LogP contribution >= 0.6 is 7.82 Å². The van der Waals surface area contributed by atoms with Crippen molar-refractivity contribution in [1.82, 2.24) is 0 Å². The van der Waals surface area contributed by atoms with Gasteiger partial charge in [0.05, 0.1) is 11.0 Å². The molecule has 1 atom stereocenters. The van der Waals surface area contributed by atoms with Crippen molar-refractivity contribution >= 4 is 36.4 Å². The number of fused-ring (bicyclic) bond motifs is 8. The van der Waals surface area contributed by atoms with Gasteiger partial charge in [-0.15, -0.1) is 0 Å². The number of phosphoric acid groups is 1. The van der Waals surface area contributed by atoms with Gasteiger partial charge in [-0.1, -0.05) is 72.8 Å². The van der Waals surface area contributed by atoms with Crippen LogP contribution < -0.4 is 15.1 Å². The van der Waals surface area contributed by atoms with Crippen molar-refractivity contribution in [2.24, 2.45) is 4.99 Å². The molecule has 6 rings (SSSR count). The van der Waals surface area contributed by atoms with Crippen LogP contribution in [-0.4, -0.2) is 9.79 Å². The van der Waals surface area contributed by atoms with E-state index in [4.69, 9.17) is 14.8 Å². The number of rotatable bonds is 3. The lowest BCUT2D eigenvalue weighted by Crippen LogP contribution is -2.30. The summed E-state index contributed by atoms with van der Waals surface area (Å²) in [6, 6.07) is 23.5. The van der Waals surface area contributed by atoms with E-state index in [2.05, 4.69) is 53.1 Å². The smallest absolute Gasteiger partial charge is 0.404 e. The predicted octanol–water partition coefficient (Wildman–Crippen LogP) is 4.83. The first kappa shape index (κ1) is 19.2. The van der Waals surface area contributed by atoms with Gasteiger partial charge in [-0.3, -0.25) is 9.79 Å². The van der Waals surface area contributed by atoms with Gasteiger partial charge in [0.2, 0.25) is 0 Å². The third-order valence-electron chi connectivity index (χ3n) is 5.98. The highest BCUT2D eigenvalue weighted by atomic mass is 31.2. The molecule has 0 saturated heterocycles. The maximum atomic E-state index is 11.1. The Balaban J connectivity index is 1.54. The van der Waals surface area contributed by atoms with E-state index < -0.39 is 7.82 Å². The summed E-state index contributed by atoms with van der Waals surface area (Å²) in [5, 5.41) is 4.50. The van der Waals surface area contributed by atoms with Gasteiger partial charge in [-0.2, -0.15) is 0 Å². The summed E-state index contributed by atoms with van der Waals surface area (Å²) in [4.78, 5) is 23.0. The molecule has 1 heterocycles. The Morgan fingerprint density at radius 2 is 1.59 bits per heavy atom. The molecule has 0 amide bonds. The predicted molar refractivity (Wildman–Crippen MR) is 125 cm³/mol. The van der Waals surface area contributed by atoms with E-state index in [1.807, 2.05) is 30.3 Å². The zero-order valence-corrected chi connectivity index (χ0v) is 17.7. The van der Waals surface area contributed by atoms with E-state index in [9.17, 15) is 4.57 Å². The Morgan fingerprint density at radius 1 is 0.875 bits per heavy atom. The number of nitrogens with zero attached hydrogens (tertiary/aromatic N) is 1. The van der Waals surface area contributed by atoms with E-state index in [0.29, 0.717) is 0 Å². The number of hydrogen-bond donors (Lipinski definition) is 2. The Hall–Kier alpha value is -3.50. The quantitative estimate of drug-likeness (QED) is 0.395. The molecule has 0 spiro atoms. The highest BCUT2D eigenvalue weighted by Gasteiger charge is 2.22.